The van der Waals surface area contributed by atoms with Gasteiger partial charge in [-0.2, -0.15) is 0 Å². The molecule has 2 unspecified atom stereocenters. The molecule has 1 fully saturated rings. The minimum atomic E-state index is 0.124. The SMILES string of the molecule is Cc1ccc(C(=O)N2CCCC3c4ccccc4CC32)cc1N. The average Bonchev–Trinajstić information content (AvgIpc) is 2.95. The highest BCUT2D eigenvalue weighted by atomic mass is 16.2. The molecule has 2 aromatic rings. The number of carbonyl (C=O) groups excluding carboxylic acids is 1. The van der Waals surface area contributed by atoms with Gasteiger partial charge in [-0.15, -0.1) is 0 Å². The summed E-state index contributed by atoms with van der Waals surface area (Å²) in [7, 11) is 0. The Morgan fingerprint density at radius 2 is 2.04 bits per heavy atom. The van der Waals surface area contributed by atoms with E-state index in [-0.39, 0.29) is 5.91 Å². The molecule has 2 N–H and O–H groups in total. The molecule has 1 aliphatic heterocycles. The van der Waals surface area contributed by atoms with E-state index >= 15 is 0 Å². The lowest BCUT2D eigenvalue weighted by molar-refractivity contribution is 0.0595. The van der Waals surface area contributed by atoms with E-state index in [2.05, 4.69) is 29.2 Å². The number of carbonyl (C=O) groups is 1. The minimum Gasteiger partial charge on any atom is -0.398 e. The molecule has 0 bridgehead atoms. The predicted octanol–water partition coefficient (Wildman–Crippen LogP) is 3.52. The van der Waals surface area contributed by atoms with Crippen molar-refractivity contribution in [1.82, 2.24) is 4.90 Å². The Morgan fingerprint density at radius 3 is 2.87 bits per heavy atom. The maximum atomic E-state index is 13.0. The quantitative estimate of drug-likeness (QED) is 0.819. The molecule has 3 heteroatoms. The molecule has 1 amide bonds. The van der Waals surface area contributed by atoms with Crippen molar-refractivity contribution in [3.63, 3.8) is 0 Å². The number of hydrogen-bond acceptors (Lipinski definition) is 2. The topological polar surface area (TPSA) is 46.3 Å². The molecule has 0 aromatic heterocycles. The van der Waals surface area contributed by atoms with Crippen molar-refractivity contribution < 1.29 is 4.79 Å². The monoisotopic (exact) mass is 306 g/mol. The van der Waals surface area contributed by atoms with Crippen LogP contribution in [0.2, 0.25) is 0 Å². The molecular formula is C20H22N2O. The van der Waals surface area contributed by atoms with Gasteiger partial charge in [-0.25, -0.2) is 0 Å². The van der Waals surface area contributed by atoms with Crippen LogP contribution in [0.1, 0.15) is 45.8 Å². The largest absolute Gasteiger partial charge is 0.398 e. The average molecular weight is 306 g/mol. The van der Waals surface area contributed by atoms with Gasteiger partial charge in [0.15, 0.2) is 0 Å². The van der Waals surface area contributed by atoms with E-state index in [4.69, 9.17) is 5.73 Å². The van der Waals surface area contributed by atoms with Gasteiger partial charge in [0.2, 0.25) is 0 Å². The first-order valence-corrected chi connectivity index (χ1v) is 8.40. The van der Waals surface area contributed by atoms with E-state index in [0.29, 0.717) is 23.2 Å². The van der Waals surface area contributed by atoms with E-state index in [1.807, 2.05) is 25.1 Å². The number of aryl methyl sites for hydroxylation is 1. The summed E-state index contributed by atoms with van der Waals surface area (Å²) in [6.07, 6.45) is 3.23. The third-order valence-corrected chi connectivity index (χ3v) is 5.45. The predicted molar refractivity (Wildman–Crippen MR) is 92.5 cm³/mol. The molecule has 1 heterocycles. The van der Waals surface area contributed by atoms with Gasteiger partial charge in [0.1, 0.15) is 0 Å². The Labute approximate surface area is 137 Å². The van der Waals surface area contributed by atoms with Crippen LogP contribution >= 0.6 is 0 Å². The Morgan fingerprint density at radius 1 is 1.22 bits per heavy atom. The maximum Gasteiger partial charge on any atom is 0.254 e. The van der Waals surface area contributed by atoms with Crippen LogP contribution in [0.4, 0.5) is 5.69 Å². The van der Waals surface area contributed by atoms with Gasteiger partial charge in [-0.05, 0) is 55.0 Å². The maximum absolute atomic E-state index is 13.0. The highest BCUT2D eigenvalue weighted by molar-refractivity contribution is 5.95. The number of anilines is 1. The summed E-state index contributed by atoms with van der Waals surface area (Å²) in [5.41, 5.74) is 11.3. The molecule has 23 heavy (non-hydrogen) atoms. The molecule has 4 rings (SSSR count). The molecule has 118 valence electrons. The lowest BCUT2D eigenvalue weighted by Crippen LogP contribution is -2.46. The van der Waals surface area contributed by atoms with Gasteiger partial charge in [0.25, 0.3) is 5.91 Å². The first-order chi connectivity index (χ1) is 11.1. The molecule has 0 spiro atoms. The second-order valence-corrected chi connectivity index (χ2v) is 6.79. The van der Waals surface area contributed by atoms with Crippen molar-refractivity contribution in [1.29, 1.82) is 0 Å². The Bertz CT molecular complexity index is 768. The second-order valence-electron chi connectivity index (χ2n) is 6.79. The van der Waals surface area contributed by atoms with E-state index in [9.17, 15) is 4.79 Å². The molecule has 0 radical (unpaired) electrons. The number of nitrogens with zero attached hydrogens (tertiary/aromatic N) is 1. The van der Waals surface area contributed by atoms with Crippen molar-refractivity contribution in [3.8, 4) is 0 Å². The van der Waals surface area contributed by atoms with Gasteiger partial charge in [0, 0.05) is 29.8 Å². The number of benzene rings is 2. The fourth-order valence-electron chi connectivity index (χ4n) is 4.17. The number of fused-ring (bicyclic) bond motifs is 3. The zero-order valence-electron chi connectivity index (χ0n) is 13.5. The lowest BCUT2D eigenvalue weighted by atomic mass is 9.88. The minimum absolute atomic E-state index is 0.124. The summed E-state index contributed by atoms with van der Waals surface area (Å²) in [6, 6.07) is 14.6. The van der Waals surface area contributed by atoms with Crippen LogP contribution in [-0.2, 0) is 6.42 Å². The summed E-state index contributed by atoms with van der Waals surface area (Å²) < 4.78 is 0. The zero-order valence-corrected chi connectivity index (χ0v) is 13.5. The summed E-state index contributed by atoms with van der Waals surface area (Å²) in [5.74, 6) is 0.617. The number of piperidine rings is 1. The van der Waals surface area contributed by atoms with E-state index < -0.39 is 0 Å². The highest BCUT2D eigenvalue weighted by Crippen LogP contribution is 2.42. The number of hydrogen-bond donors (Lipinski definition) is 1. The van der Waals surface area contributed by atoms with Crippen LogP contribution in [-0.4, -0.2) is 23.4 Å². The standard InChI is InChI=1S/C20H22N2O/c1-13-8-9-15(11-18(13)21)20(23)22-10-4-7-17-16-6-3-2-5-14(16)12-19(17)22/h2-3,5-6,8-9,11,17,19H,4,7,10,12,21H2,1H3. The van der Waals surface area contributed by atoms with Crippen molar-refractivity contribution >= 4 is 11.6 Å². The normalized spacial score (nSPS) is 22.6. The van der Waals surface area contributed by atoms with Crippen LogP contribution in [0, 0.1) is 6.92 Å². The number of nitrogens with two attached hydrogens (primary N) is 1. The third kappa shape index (κ3) is 2.31. The van der Waals surface area contributed by atoms with E-state index in [1.165, 1.54) is 17.5 Å². The first-order valence-electron chi connectivity index (χ1n) is 8.40. The van der Waals surface area contributed by atoms with Crippen LogP contribution in [0.15, 0.2) is 42.5 Å². The summed E-state index contributed by atoms with van der Waals surface area (Å²) in [6.45, 7) is 2.82. The summed E-state index contributed by atoms with van der Waals surface area (Å²) in [4.78, 5) is 15.1. The molecule has 2 aliphatic rings. The smallest absolute Gasteiger partial charge is 0.254 e. The molecular weight excluding hydrogens is 284 g/mol. The number of nitrogen functional groups attached to an aromatic ring is 1. The zero-order chi connectivity index (χ0) is 16.0. The van der Waals surface area contributed by atoms with Crippen LogP contribution in [0.5, 0.6) is 0 Å². The first kappa shape index (κ1) is 14.3. The fraction of sp³-hybridized carbons (Fsp3) is 0.350. The summed E-state index contributed by atoms with van der Waals surface area (Å²) in [5, 5.41) is 0. The van der Waals surface area contributed by atoms with E-state index in [1.54, 1.807) is 0 Å². The molecule has 3 nitrogen and oxygen atoms in total. The molecule has 2 aromatic carbocycles. The van der Waals surface area contributed by atoms with Crippen LogP contribution < -0.4 is 5.73 Å². The van der Waals surface area contributed by atoms with Gasteiger partial charge in [-0.1, -0.05) is 30.3 Å². The lowest BCUT2D eigenvalue weighted by Gasteiger charge is -2.38. The second kappa shape index (κ2) is 5.41. The third-order valence-electron chi connectivity index (χ3n) is 5.45. The van der Waals surface area contributed by atoms with Gasteiger partial charge in [0.05, 0.1) is 0 Å². The molecule has 1 saturated heterocycles. The fourth-order valence-corrected chi connectivity index (χ4v) is 4.17. The van der Waals surface area contributed by atoms with Gasteiger partial charge < -0.3 is 10.6 Å². The van der Waals surface area contributed by atoms with Gasteiger partial charge >= 0.3 is 0 Å². The van der Waals surface area contributed by atoms with Crippen LogP contribution in [0.25, 0.3) is 0 Å². The number of amides is 1. The molecule has 2 atom stereocenters. The Kier molecular flexibility index (Phi) is 3.37. The van der Waals surface area contributed by atoms with Crippen molar-refractivity contribution in [2.75, 3.05) is 12.3 Å². The summed E-state index contributed by atoms with van der Waals surface area (Å²) >= 11 is 0. The Balaban J connectivity index is 1.65. The molecule has 1 aliphatic carbocycles. The number of rotatable bonds is 1. The Hall–Kier alpha value is -2.29. The van der Waals surface area contributed by atoms with Crippen molar-refractivity contribution in [3.05, 3.63) is 64.7 Å². The molecule has 0 saturated carbocycles. The van der Waals surface area contributed by atoms with Crippen molar-refractivity contribution in [2.45, 2.75) is 38.1 Å². The van der Waals surface area contributed by atoms with Gasteiger partial charge in [-0.3, -0.25) is 4.79 Å². The van der Waals surface area contributed by atoms with Crippen molar-refractivity contribution in [2.24, 2.45) is 0 Å². The number of likely N-dealkylation sites (tertiary alicyclic amines) is 1. The van der Waals surface area contributed by atoms with E-state index in [0.717, 1.165) is 24.9 Å². The highest BCUT2D eigenvalue weighted by Gasteiger charge is 2.40. The van der Waals surface area contributed by atoms with Crippen LogP contribution in [0.3, 0.4) is 0 Å².